The van der Waals surface area contributed by atoms with Crippen LogP contribution in [0.3, 0.4) is 0 Å². The van der Waals surface area contributed by atoms with Gasteiger partial charge in [-0.3, -0.25) is 0 Å². The van der Waals surface area contributed by atoms with Crippen LogP contribution in [0.15, 0.2) is 11.6 Å². The summed E-state index contributed by atoms with van der Waals surface area (Å²) < 4.78 is 0. The standard InChI is InChI=1S/C8H13NO2/c1-2-7-4-3-5-9(6-7)8(10)11/h4H,2-3,5-6H2,1H3,(H,10,11). The van der Waals surface area contributed by atoms with E-state index in [4.69, 9.17) is 5.11 Å². The van der Waals surface area contributed by atoms with E-state index in [0.717, 1.165) is 12.8 Å². The summed E-state index contributed by atoms with van der Waals surface area (Å²) in [5.74, 6) is 0. The Bertz CT molecular complexity index is 187. The van der Waals surface area contributed by atoms with Gasteiger partial charge in [-0.15, -0.1) is 0 Å². The first-order chi connectivity index (χ1) is 5.24. The third kappa shape index (κ3) is 1.97. The molecule has 1 rings (SSSR count). The van der Waals surface area contributed by atoms with Crippen LogP contribution >= 0.6 is 0 Å². The fraction of sp³-hybridized carbons (Fsp3) is 0.625. The third-order valence-corrected chi connectivity index (χ3v) is 1.95. The maximum absolute atomic E-state index is 10.5. The van der Waals surface area contributed by atoms with Gasteiger partial charge in [0.2, 0.25) is 0 Å². The first-order valence-electron chi connectivity index (χ1n) is 3.89. The molecule has 0 radical (unpaired) electrons. The largest absolute Gasteiger partial charge is 0.465 e. The summed E-state index contributed by atoms with van der Waals surface area (Å²) in [5.41, 5.74) is 1.23. The number of hydrogen-bond acceptors (Lipinski definition) is 1. The summed E-state index contributed by atoms with van der Waals surface area (Å²) in [4.78, 5) is 12.0. The molecule has 1 heterocycles. The summed E-state index contributed by atoms with van der Waals surface area (Å²) in [6.45, 7) is 3.31. The van der Waals surface area contributed by atoms with E-state index in [1.54, 1.807) is 0 Å². The Labute approximate surface area is 66.3 Å². The van der Waals surface area contributed by atoms with Gasteiger partial charge in [0.25, 0.3) is 0 Å². The van der Waals surface area contributed by atoms with Gasteiger partial charge in [-0.2, -0.15) is 0 Å². The van der Waals surface area contributed by atoms with Crippen LogP contribution in [0.5, 0.6) is 0 Å². The Hall–Kier alpha value is -0.990. The quantitative estimate of drug-likeness (QED) is 0.585. The zero-order valence-corrected chi connectivity index (χ0v) is 6.71. The van der Waals surface area contributed by atoms with Crippen LogP contribution in [-0.4, -0.2) is 29.2 Å². The molecule has 0 atom stereocenters. The van der Waals surface area contributed by atoms with Crippen molar-refractivity contribution in [2.45, 2.75) is 19.8 Å². The molecule has 3 nitrogen and oxygen atoms in total. The summed E-state index contributed by atoms with van der Waals surface area (Å²) in [6, 6.07) is 0. The van der Waals surface area contributed by atoms with Gasteiger partial charge in [0.15, 0.2) is 0 Å². The van der Waals surface area contributed by atoms with E-state index in [-0.39, 0.29) is 0 Å². The van der Waals surface area contributed by atoms with Crippen molar-refractivity contribution in [2.75, 3.05) is 13.1 Å². The van der Waals surface area contributed by atoms with Crippen molar-refractivity contribution < 1.29 is 9.90 Å². The second-order valence-electron chi connectivity index (χ2n) is 2.71. The normalized spacial score (nSPS) is 17.9. The van der Waals surface area contributed by atoms with Crippen molar-refractivity contribution in [3.63, 3.8) is 0 Å². The van der Waals surface area contributed by atoms with Gasteiger partial charge in [0.05, 0.1) is 0 Å². The number of nitrogens with zero attached hydrogens (tertiary/aromatic N) is 1. The van der Waals surface area contributed by atoms with E-state index in [1.165, 1.54) is 10.5 Å². The number of carbonyl (C=O) groups is 1. The molecule has 62 valence electrons. The fourth-order valence-electron chi connectivity index (χ4n) is 1.23. The van der Waals surface area contributed by atoms with Gasteiger partial charge in [-0.1, -0.05) is 18.6 Å². The van der Waals surface area contributed by atoms with Crippen molar-refractivity contribution in [3.05, 3.63) is 11.6 Å². The van der Waals surface area contributed by atoms with Crippen molar-refractivity contribution in [2.24, 2.45) is 0 Å². The predicted octanol–water partition coefficient (Wildman–Crippen LogP) is 1.71. The highest BCUT2D eigenvalue weighted by Crippen LogP contribution is 2.11. The van der Waals surface area contributed by atoms with E-state index in [1.807, 2.05) is 0 Å². The van der Waals surface area contributed by atoms with Crippen LogP contribution in [-0.2, 0) is 0 Å². The highest BCUT2D eigenvalue weighted by Gasteiger charge is 2.15. The summed E-state index contributed by atoms with van der Waals surface area (Å²) in [6.07, 6.45) is 3.17. The van der Waals surface area contributed by atoms with Gasteiger partial charge in [-0.25, -0.2) is 4.79 Å². The van der Waals surface area contributed by atoms with E-state index >= 15 is 0 Å². The van der Waals surface area contributed by atoms with Crippen LogP contribution in [0.25, 0.3) is 0 Å². The Balaban J connectivity index is 2.53. The lowest BCUT2D eigenvalue weighted by atomic mass is 10.1. The van der Waals surface area contributed by atoms with E-state index < -0.39 is 6.09 Å². The fourth-order valence-corrected chi connectivity index (χ4v) is 1.23. The van der Waals surface area contributed by atoms with E-state index in [0.29, 0.717) is 13.1 Å². The van der Waals surface area contributed by atoms with Crippen molar-refractivity contribution in [3.8, 4) is 0 Å². The van der Waals surface area contributed by atoms with Crippen LogP contribution in [0, 0.1) is 0 Å². The number of rotatable bonds is 1. The van der Waals surface area contributed by atoms with Gasteiger partial charge in [-0.05, 0) is 12.8 Å². The molecular formula is C8H13NO2. The number of hydrogen-bond donors (Lipinski definition) is 1. The highest BCUT2D eigenvalue weighted by atomic mass is 16.4. The summed E-state index contributed by atoms with van der Waals surface area (Å²) >= 11 is 0. The van der Waals surface area contributed by atoms with Crippen LogP contribution in [0.1, 0.15) is 19.8 Å². The Morgan fingerprint density at radius 3 is 3.09 bits per heavy atom. The zero-order chi connectivity index (χ0) is 8.27. The molecule has 1 amide bonds. The van der Waals surface area contributed by atoms with Crippen LogP contribution in [0.2, 0.25) is 0 Å². The molecule has 3 heteroatoms. The second-order valence-corrected chi connectivity index (χ2v) is 2.71. The molecule has 0 aromatic carbocycles. The van der Waals surface area contributed by atoms with Gasteiger partial charge in [0, 0.05) is 13.1 Å². The van der Waals surface area contributed by atoms with Crippen LogP contribution in [0.4, 0.5) is 4.79 Å². The Morgan fingerprint density at radius 2 is 2.55 bits per heavy atom. The molecule has 0 bridgehead atoms. The smallest absolute Gasteiger partial charge is 0.407 e. The lowest BCUT2D eigenvalue weighted by Gasteiger charge is -2.23. The maximum Gasteiger partial charge on any atom is 0.407 e. The van der Waals surface area contributed by atoms with Gasteiger partial charge in [0.1, 0.15) is 0 Å². The number of carboxylic acid groups (broad SMARTS) is 1. The zero-order valence-electron chi connectivity index (χ0n) is 6.71. The molecule has 1 N–H and O–H groups in total. The molecule has 1 aliphatic heterocycles. The van der Waals surface area contributed by atoms with Crippen molar-refractivity contribution in [1.29, 1.82) is 0 Å². The lowest BCUT2D eigenvalue weighted by molar-refractivity contribution is 0.148. The molecule has 0 fully saturated rings. The Kier molecular flexibility index (Phi) is 2.52. The topological polar surface area (TPSA) is 40.5 Å². The molecule has 0 saturated carbocycles. The molecule has 0 aromatic rings. The number of amides is 1. The average molecular weight is 155 g/mol. The summed E-state index contributed by atoms with van der Waals surface area (Å²) in [7, 11) is 0. The van der Waals surface area contributed by atoms with E-state index in [2.05, 4.69) is 13.0 Å². The van der Waals surface area contributed by atoms with Crippen molar-refractivity contribution in [1.82, 2.24) is 4.90 Å². The SMILES string of the molecule is CCC1=CCCN(C(=O)O)C1. The van der Waals surface area contributed by atoms with Gasteiger partial charge < -0.3 is 10.0 Å². The summed E-state index contributed by atoms with van der Waals surface area (Å²) in [5, 5.41) is 8.65. The minimum absolute atomic E-state index is 0.603. The second kappa shape index (κ2) is 3.42. The third-order valence-electron chi connectivity index (χ3n) is 1.95. The molecule has 0 unspecified atom stereocenters. The monoisotopic (exact) mass is 155 g/mol. The first kappa shape index (κ1) is 8.11. The molecule has 0 saturated heterocycles. The molecule has 1 aliphatic rings. The predicted molar refractivity (Wildman–Crippen MR) is 42.6 cm³/mol. The average Bonchev–Trinajstić information content (AvgIpc) is 2.05. The molecule has 11 heavy (non-hydrogen) atoms. The minimum Gasteiger partial charge on any atom is -0.465 e. The molecule has 0 aromatic heterocycles. The maximum atomic E-state index is 10.5. The van der Waals surface area contributed by atoms with E-state index in [9.17, 15) is 4.79 Å². The first-order valence-corrected chi connectivity index (χ1v) is 3.89. The molecular weight excluding hydrogens is 142 g/mol. The minimum atomic E-state index is -0.802. The Morgan fingerprint density at radius 1 is 1.82 bits per heavy atom. The highest BCUT2D eigenvalue weighted by molar-refractivity contribution is 5.65. The van der Waals surface area contributed by atoms with Crippen LogP contribution < -0.4 is 0 Å². The molecule has 0 aliphatic carbocycles. The lowest BCUT2D eigenvalue weighted by Crippen LogP contribution is -2.34. The van der Waals surface area contributed by atoms with Gasteiger partial charge >= 0.3 is 6.09 Å². The van der Waals surface area contributed by atoms with Crippen molar-refractivity contribution >= 4 is 6.09 Å². The molecule has 0 spiro atoms.